The lowest BCUT2D eigenvalue weighted by molar-refractivity contribution is -0.163. The van der Waals surface area contributed by atoms with Crippen LogP contribution < -0.4 is 0 Å². The van der Waals surface area contributed by atoms with Crippen LogP contribution in [0.2, 0.25) is 0 Å². The maximum atomic E-state index is 15.3. The number of Topliss-reactive ketones (excluding diaryl/α,β-unsaturated/α-hetero) is 1. The number of epoxide rings is 1. The summed E-state index contributed by atoms with van der Waals surface area (Å²) in [5, 5.41) is 23.1. The highest BCUT2D eigenvalue weighted by Crippen LogP contribution is 2.49. The first-order valence-electron chi connectivity index (χ1n) is 12.3. The fourth-order valence-electron chi connectivity index (χ4n) is 5.10. The lowest BCUT2D eigenvalue weighted by atomic mass is 9.59. The molecule has 3 aliphatic rings. The highest BCUT2D eigenvalue weighted by molar-refractivity contribution is 7.09. The van der Waals surface area contributed by atoms with Gasteiger partial charge in [0.15, 0.2) is 11.2 Å². The maximum absolute atomic E-state index is 15.3. The zero-order chi connectivity index (χ0) is 26.3. The molecule has 0 bridgehead atoms. The molecule has 3 fully saturated rings. The molecule has 1 saturated carbocycles. The summed E-state index contributed by atoms with van der Waals surface area (Å²) in [6.45, 7) is 5.21. The number of halogens is 2. The minimum absolute atomic E-state index is 0.0317. The van der Waals surface area contributed by atoms with Gasteiger partial charge in [0.05, 0.1) is 47.5 Å². The molecule has 0 amide bonds. The average molecular weight is 546 g/mol. The molecule has 8 nitrogen and oxygen atoms in total. The second kappa shape index (κ2) is 10.7. The summed E-state index contributed by atoms with van der Waals surface area (Å²) < 4.78 is 32.1. The topological polar surface area (TPSA) is 118 Å². The number of aryl methyl sites for hydroxylation is 1. The number of aliphatic hydroxyl groups excluding tert-OH is 2. The molecular formula is C25H33ClFNO7S. The third-order valence-corrected chi connectivity index (χ3v) is 8.97. The van der Waals surface area contributed by atoms with Gasteiger partial charge in [0.25, 0.3) is 0 Å². The van der Waals surface area contributed by atoms with Crippen LogP contribution >= 0.6 is 22.9 Å². The Bertz CT molecular complexity index is 1010. The van der Waals surface area contributed by atoms with Crippen molar-refractivity contribution >= 4 is 40.8 Å². The summed E-state index contributed by atoms with van der Waals surface area (Å²) >= 11 is 7.88. The molecule has 1 spiro atoms. The van der Waals surface area contributed by atoms with Crippen molar-refractivity contribution in [1.29, 1.82) is 0 Å². The van der Waals surface area contributed by atoms with Gasteiger partial charge in [-0.1, -0.05) is 24.9 Å². The standard InChI is InChI=1S/C25H33ClFNO7S/c1-13-22(31)14(2)33-8-7-25(26)20(35-25)10-18(17(27)9-16-12-36-15(3)28-16)34-21(30)11-19(29)24(23(13)32)5-4-6-24/h9,12-14,18-20,22,29,31H,4-8,10-11H2,1-3H3/t13-,14+,18+,19+,20+,22+,25-/m1/s1. The minimum atomic E-state index is -1.32. The van der Waals surface area contributed by atoms with Gasteiger partial charge in [-0.2, -0.15) is 0 Å². The normalized spacial score (nSPS) is 38.2. The first-order valence-corrected chi connectivity index (χ1v) is 13.6. The van der Waals surface area contributed by atoms with Gasteiger partial charge in [0.1, 0.15) is 17.7 Å². The number of hydrogen-bond donors (Lipinski definition) is 2. The van der Waals surface area contributed by atoms with E-state index in [4.69, 9.17) is 25.8 Å². The number of hydrogen-bond acceptors (Lipinski definition) is 9. The van der Waals surface area contributed by atoms with E-state index in [9.17, 15) is 19.8 Å². The predicted molar refractivity (Wildman–Crippen MR) is 131 cm³/mol. The summed E-state index contributed by atoms with van der Waals surface area (Å²) in [6.07, 6.45) is -2.47. The van der Waals surface area contributed by atoms with E-state index >= 15 is 4.39 Å². The van der Waals surface area contributed by atoms with Gasteiger partial charge in [-0.25, -0.2) is 9.37 Å². The van der Waals surface area contributed by atoms with Gasteiger partial charge in [-0.3, -0.25) is 9.59 Å². The fraction of sp³-hybridized carbons (Fsp3) is 0.720. The van der Waals surface area contributed by atoms with E-state index < -0.39 is 65.1 Å². The van der Waals surface area contributed by atoms with E-state index in [2.05, 4.69) is 4.98 Å². The van der Waals surface area contributed by atoms with Crippen LogP contribution in [0, 0.1) is 18.3 Å². The Morgan fingerprint density at radius 1 is 1.28 bits per heavy atom. The Balaban J connectivity index is 1.58. The molecule has 2 N–H and O–H groups in total. The number of aromatic nitrogens is 1. The van der Waals surface area contributed by atoms with Crippen molar-refractivity contribution in [2.45, 2.75) is 94.9 Å². The second-order valence-electron chi connectivity index (χ2n) is 10.1. The summed E-state index contributed by atoms with van der Waals surface area (Å²) in [4.78, 5) is 30.4. The van der Waals surface area contributed by atoms with Crippen molar-refractivity contribution in [1.82, 2.24) is 4.98 Å². The number of nitrogens with zero attached hydrogens (tertiary/aromatic N) is 1. The Hall–Kier alpha value is -1.43. The quantitative estimate of drug-likeness (QED) is 0.328. The molecule has 3 heterocycles. The SMILES string of the molecule is Cc1nc(C=C(F)[C@@H]2C[C@@H]3O[C@]3(Cl)CCO[C@@H](C)[C@@H](O)[C@@H](C)C(=O)C3(CCC3)[C@@H](O)CC(=O)O2)cs1. The Labute approximate surface area is 218 Å². The van der Waals surface area contributed by atoms with E-state index in [1.54, 1.807) is 26.2 Å². The van der Waals surface area contributed by atoms with Gasteiger partial charge >= 0.3 is 5.97 Å². The summed E-state index contributed by atoms with van der Waals surface area (Å²) in [5.41, 5.74) is -0.746. The van der Waals surface area contributed by atoms with Crippen molar-refractivity contribution in [3.05, 3.63) is 21.9 Å². The summed E-state index contributed by atoms with van der Waals surface area (Å²) in [6, 6.07) is 0. The first-order chi connectivity index (χ1) is 16.9. The highest BCUT2D eigenvalue weighted by atomic mass is 35.5. The minimum Gasteiger partial charge on any atom is -0.455 e. The van der Waals surface area contributed by atoms with Crippen LogP contribution in [0.3, 0.4) is 0 Å². The van der Waals surface area contributed by atoms with E-state index in [1.165, 1.54) is 17.4 Å². The largest absolute Gasteiger partial charge is 0.455 e. The van der Waals surface area contributed by atoms with Gasteiger partial charge in [-0.15, -0.1) is 11.3 Å². The number of esters is 1. The number of rotatable bonds is 2. The van der Waals surface area contributed by atoms with Crippen molar-refractivity contribution in [3.63, 3.8) is 0 Å². The second-order valence-corrected chi connectivity index (χ2v) is 11.8. The van der Waals surface area contributed by atoms with E-state index in [0.717, 1.165) is 11.4 Å². The number of alkyl halides is 1. The lowest BCUT2D eigenvalue weighted by Gasteiger charge is -2.46. The monoisotopic (exact) mass is 545 g/mol. The number of ketones is 1. The maximum Gasteiger partial charge on any atom is 0.309 e. The zero-order valence-electron chi connectivity index (χ0n) is 20.6. The molecule has 2 aliphatic heterocycles. The molecule has 0 unspecified atom stereocenters. The van der Waals surface area contributed by atoms with Gasteiger partial charge in [0.2, 0.25) is 0 Å². The Morgan fingerprint density at radius 2 is 2.00 bits per heavy atom. The number of ether oxygens (including phenoxy) is 3. The molecule has 11 heteroatoms. The number of thiazole rings is 1. The highest BCUT2D eigenvalue weighted by Gasteiger charge is 2.57. The molecular weight excluding hydrogens is 513 g/mol. The van der Waals surface area contributed by atoms with Crippen LogP contribution in [0.4, 0.5) is 4.39 Å². The Morgan fingerprint density at radius 3 is 2.61 bits per heavy atom. The first kappa shape index (κ1) is 27.6. The van der Waals surface area contributed by atoms with E-state index in [-0.39, 0.29) is 25.2 Å². The van der Waals surface area contributed by atoms with Crippen LogP contribution in [0.1, 0.15) is 63.1 Å². The molecule has 0 aromatic carbocycles. The zero-order valence-corrected chi connectivity index (χ0v) is 22.2. The summed E-state index contributed by atoms with van der Waals surface area (Å²) in [5.74, 6) is -2.68. The van der Waals surface area contributed by atoms with Crippen molar-refractivity contribution in [2.75, 3.05) is 6.61 Å². The smallest absolute Gasteiger partial charge is 0.309 e. The number of cyclic esters (lactones) is 1. The van der Waals surface area contributed by atoms with Crippen molar-refractivity contribution in [2.24, 2.45) is 11.3 Å². The van der Waals surface area contributed by atoms with Crippen LogP contribution in [-0.2, 0) is 23.8 Å². The van der Waals surface area contributed by atoms with Gasteiger partial charge in [0, 0.05) is 24.1 Å². The number of aliphatic hydroxyl groups is 2. The van der Waals surface area contributed by atoms with Crippen molar-refractivity contribution in [3.8, 4) is 0 Å². The van der Waals surface area contributed by atoms with Crippen LogP contribution in [0.15, 0.2) is 11.2 Å². The van der Waals surface area contributed by atoms with E-state index in [0.29, 0.717) is 18.5 Å². The van der Waals surface area contributed by atoms with Crippen molar-refractivity contribution < 1.29 is 38.4 Å². The fourth-order valence-corrected chi connectivity index (χ4v) is 5.94. The third-order valence-electron chi connectivity index (χ3n) is 7.66. The molecule has 36 heavy (non-hydrogen) atoms. The predicted octanol–water partition coefficient (Wildman–Crippen LogP) is 3.69. The molecule has 1 aliphatic carbocycles. The molecule has 200 valence electrons. The number of carbonyl (C=O) groups excluding carboxylic acids is 2. The molecule has 1 aromatic rings. The van der Waals surface area contributed by atoms with Crippen LogP contribution in [-0.4, -0.2) is 69.1 Å². The molecule has 2 saturated heterocycles. The molecule has 1 aromatic heterocycles. The van der Waals surface area contributed by atoms with E-state index in [1.807, 2.05) is 0 Å². The molecule has 4 rings (SSSR count). The average Bonchev–Trinajstić information content (AvgIpc) is 3.22. The third kappa shape index (κ3) is 5.68. The lowest BCUT2D eigenvalue weighted by Crippen LogP contribution is -2.53. The van der Waals surface area contributed by atoms with Gasteiger partial charge < -0.3 is 24.4 Å². The molecule has 7 atom stereocenters. The van der Waals surface area contributed by atoms with Crippen LogP contribution in [0.5, 0.6) is 0 Å². The molecule has 0 radical (unpaired) electrons. The Kier molecular flexibility index (Phi) is 8.24. The number of carbonyl (C=O) groups is 2. The number of fused-ring (bicyclic) bond motifs is 1. The van der Waals surface area contributed by atoms with Gasteiger partial charge in [-0.05, 0) is 32.8 Å². The summed E-state index contributed by atoms with van der Waals surface area (Å²) in [7, 11) is 0. The van der Waals surface area contributed by atoms with Crippen LogP contribution in [0.25, 0.3) is 6.08 Å².